The average molecular weight is 333 g/mol. The van der Waals surface area contributed by atoms with Crippen LogP contribution < -0.4 is 0 Å². The maximum absolute atomic E-state index is 11.2. The molecule has 2 aromatic rings. The summed E-state index contributed by atoms with van der Waals surface area (Å²) in [6, 6.07) is 11.6. The summed E-state index contributed by atoms with van der Waals surface area (Å²) in [4.78, 5) is 25.4. The molecule has 0 bridgehead atoms. The van der Waals surface area contributed by atoms with Gasteiger partial charge in [0.25, 0.3) is 0 Å². The Balaban J connectivity index is 2.25. The lowest BCUT2D eigenvalue weighted by atomic mass is 10.2. The van der Waals surface area contributed by atoms with Crippen molar-refractivity contribution in [2.24, 2.45) is 4.99 Å². The number of nitro groups is 2. The molecule has 0 saturated heterocycles. The average Bonchev–Trinajstić information content (AvgIpc) is 2.84. The largest absolute Gasteiger partial charge is 0.372 e. The van der Waals surface area contributed by atoms with Crippen molar-refractivity contribution in [1.82, 2.24) is 0 Å². The van der Waals surface area contributed by atoms with Crippen LogP contribution in [0.15, 0.2) is 52.4 Å². The van der Waals surface area contributed by atoms with Gasteiger partial charge in [-0.3, -0.25) is 20.2 Å². The Hall–Kier alpha value is -2.52. The van der Waals surface area contributed by atoms with Crippen molar-refractivity contribution >= 4 is 42.7 Å². The van der Waals surface area contributed by atoms with Crippen molar-refractivity contribution in [3.05, 3.63) is 68.3 Å². The molecule has 0 aliphatic carbocycles. The molecule has 1 atom stereocenters. The summed E-state index contributed by atoms with van der Waals surface area (Å²) in [7, 11) is -0.879. The van der Waals surface area contributed by atoms with Gasteiger partial charge in [0.15, 0.2) is 5.69 Å². The van der Waals surface area contributed by atoms with Crippen LogP contribution in [0.2, 0.25) is 0 Å². The topological polar surface area (TPSA) is 98.6 Å². The third kappa shape index (κ3) is 2.20. The van der Waals surface area contributed by atoms with E-state index >= 15 is 0 Å². The lowest BCUT2D eigenvalue weighted by Gasteiger charge is -2.02. The first-order chi connectivity index (χ1) is 10.5. The number of nitro benzene ring substituents is 2. The van der Waals surface area contributed by atoms with E-state index in [1.54, 1.807) is 12.1 Å². The summed E-state index contributed by atoms with van der Waals surface area (Å²) in [5.74, 6) is 0. The van der Waals surface area contributed by atoms with Gasteiger partial charge in [-0.25, -0.2) is 4.99 Å². The molecule has 2 aromatic carbocycles. The minimum atomic E-state index is -0.879. The maximum atomic E-state index is 11.2. The minimum absolute atomic E-state index is 0.00335. The molecule has 7 nitrogen and oxygen atoms in total. The van der Waals surface area contributed by atoms with E-state index in [1.165, 1.54) is 6.07 Å². The second-order valence-electron chi connectivity index (χ2n) is 4.35. The highest BCUT2D eigenvalue weighted by molar-refractivity contribution is 8.38. The number of benzene rings is 2. The normalized spacial score (nSPS) is 16.0. The summed E-state index contributed by atoms with van der Waals surface area (Å²) in [6.45, 7) is 0. The molecule has 3 rings (SSSR count). The van der Waals surface area contributed by atoms with E-state index in [0.29, 0.717) is 9.94 Å². The van der Waals surface area contributed by atoms with Gasteiger partial charge < -0.3 is 0 Å². The van der Waals surface area contributed by atoms with E-state index in [-0.39, 0.29) is 5.69 Å². The molecule has 0 radical (unpaired) electrons. The first-order valence-corrected chi connectivity index (χ1v) is 8.17. The van der Waals surface area contributed by atoms with E-state index in [9.17, 15) is 20.2 Å². The van der Waals surface area contributed by atoms with E-state index in [4.69, 9.17) is 11.2 Å². The monoisotopic (exact) mass is 333 g/mol. The summed E-state index contributed by atoms with van der Waals surface area (Å²) in [5, 5.41) is 22.7. The molecule has 0 saturated carbocycles. The van der Waals surface area contributed by atoms with E-state index in [1.807, 2.05) is 18.2 Å². The molecule has 1 aliphatic rings. The Morgan fingerprint density at radius 1 is 1.00 bits per heavy atom. The lowest BCUT2D eigenvalue weighted by molar-refractivity contribution is -0.422. The summed E-state index contributed by atoms with van der Waals surface area (Å²) in [6.07, 6.45) is 0. The number of hydrogen-bond donors (Lipinski definition) is 0. The fourth-order valence-corrected chi connectivity index (χ4v) is 4.18. The SMILES string of the molecule is O=[N+]([O-])c1ccc2c(c1[N+](=O)[O-])N=C(c1ccccc1)S2=S. The molecular formula is C13H7N3O4S2. The van der Waals surface area contributed by atoms with Crippen LogP contribution in [0.3, 0.4) is 0 Å². The lowest BCUT2D eigenvalue weighted by Crippen LogP contribution is -2.03. The standard InChI is InChI=1S/C13H7N3O4S2/c17-15(18)9-6-7-10-11(12(9)16(19)20)14-13(22(10)21)8-4-2-1-3-5-8/h1-7H. The first kappa shape index (κ1) is 14.4. The van der Waals surface area contributed by atoms with Crippen LogP contribution in [0.1, 0.15) is 5.56 Å². The van der Waals surface area contributed by atoms with Gasteiger partial charge in [0.2, 0.25) is 0 Å². The fraction of sp³-hybridized carbons (Fsp3) is 0. The summed E-state index contributed by atoms with van der Waals surface area (Å²) < 4.78 is 0. The number of hydrogen-bond acceptors (Lipinski definition) is 6. The van der Waals surface area contributed by atoms with Gasteiger partial charge in [-0.05, 0) is 26.7 Å². The van der Waals surface area contributed by atoms with Gasteiger partial charge >= 0.3 is 11.4 Å². The smallest absolute Gasteiger partial charge is 0.258 e. The van der Waals surface area contributed by atoms with Crippen molar-refractivity contribution in [1.29, 1.82) is 0 Å². The molecule has 0 amide bonds. The molecule has 1 unspecified atom stereocenters. The van der Waals surface area contributed by atoms with E-state index in [2.05, 4.69) is 4.99 Å². The van der Waals surface area contributed by atoms with Crippen LogP contribution in [-0.4, -0.2) is 14.9 Å². The highest BCUT2D eigenvalue weighted by atomic mass is 32.8. The van der Waals surface area contributed by atoms with Crippen molar-refractivity contribution in [3.63, 3.8) is 0 Å². The molecule has 22 heavy (non-hydrogen) atoms. The molecule has 0 aromatic heterocycles. The minimum Gasteiger partial charge on any atom is -0.258 e. The van der Waals surface area contributed by atoms with Gasteiger partial charge in [-0.15, -0.1) is 0 Å². The fourth-order valence-electron chi connectivity index (χ4n) is 2.13. The van der Waals surface area contributed by atoms with E-state index < -0.39 is 30.7 Å². The van der Waals surface area contributed by atoms with Crippen molar-refractivity contribution in [3.8, 4) is 0 Å². The third-order valence-corrected chi connectivity index (χ3v) is 5.50. The Labute approximate surface area is 131 Å². The summed E-state index contributed by atoms with van der Waals surface area (Å²) >= 11 is 5.42. The van der Waals surface area contributed by atoms with Crippen molar-refractivity contribution < 1.29 is 9.85 Å². The number of rotatable bonds is 3. The number of aliphatic imine (C=N–C) groups is 1. The van der Waals surface area contributed by atoms with Crippen LogP contribution in [-0.2, 0) is 20.6 Å². The van der Waals surface area contributed by atoms with Crippen LogP contribution in [0.25, 0.3) is 0 Å². The Morgan fingerprint density at radius 2 is 1.68 bits per heavy atom. The predicted octanol–water partition coefficient (Wildman–Crippen LogP) is 3.03. The van der Waals surface area contributed by atoms with Crippen LogP contribution in [0.5, 0.6) is 0 Å². The summed E-state index contributed by atoms with van der Waals surface area (Å²) in [5.41, 5.74) is -0.421. The van der Waals surface area contributed by atoms with Crippen molar-refractivity contribution in [2.45, 2.75) is 4.90 Å². The third-order valence-electron chi connectivity index (χ3n) is 3.08. The molecule has 1 heterocycles. The van der Waals surface area contributed by atoms with Crippen LogP contribution >= 0.6 is 0 Å². The second-order valence-corrected chi connectivity index (χ2v) is 6.71. The van der Waals surface area contributed by atoms with Crippen LogP contribution in [0, 0.1) is 20.2 Å². The molecule has 9 heteroatoms. The van der Waals surface area contributed by atoms with Gasteiger partial charge in [-0.2, -0.15) is 0 Å². The quantitative estimate of drug-likeness (QED) is 0.635. The highest BCUT2D eigenvalue weighted by Crippen LogP contribution is 2.45. The Bertz CT molecular complexity index is 865. The van der Waals surface area contributed by atoms with Crippen molar-refractivity contribution in [2.75, 3.05) is 0 Å². The first-order valence-electron chi connectivity index (χ1n) is 6.02. The number of nitrogens with zero attached hydrogens (tertiary/aromatic N) is 3. The Morgan fingerprint density at radius 3 is 2.27 bits per heavy atom. The van der Waals surface area contributed by atoms with Gasteiger partial charge in [0.05, 0.1) is 14.7 Å². The van der Waals surface area contributed by atoms with Crippen LogP contribution in [0.4, 0.5) is 17.1 Å². The second kappa shape index (κ2) is 5.35. The molecule has 0 N–H and O–H groups in total. The molecule has 1 aliphatic heterocycles. The zero-order chi connectivity index (χ0) is 15.9. The molecular weight excluding hydrogens is 326 g/mol. The van der Waals surface area contributed by atoms with Gasteiger partial charge in [-0.1, -0.05) is 30.3 Å². The highest BCUT2D eigenvalue weighted by Gasteiger charge is 2.35. The number of fused-ring (bicyclic) bond motifs is 1. The zero-order valence-corrected chi connectivity index (χ0v) is 12.5. The maximum Gasteiger partial charge on any atom is 0.372 e. The molecule has 0 fully saturated rings. The predicted molar refractivity (Wildman–Crippen MR) is 85.4 cm³/mol. The van der Waals surface area contributed by atoms with E-state index in [0.717, 1.165) is 11.6 Å². The van der Waals surface area contributed by atoms with Gasteiger partial charge in [0, 0.05) is 11.6 Å². The Kier molecular flexibility index (Phi) is 3.51. The molecule has 0 spiro atoms. The molecule has 110 valence electrons. The van der Waals surface area contributed by atoms with Gasteiger partial charge in [0.1, 0.15) is 5.04 Å². The zero-order valence-electron chi connectivity index (χ0n) is 10.8.